The van der Waals surface area contributed by atoms with Crippen molar-refractivity contribution in [3.63, 3.8) is 0 Å². The lowest BCUT2D eigenvalue weighted by atomic mass is 10.2. The maximum absolute atomic E-state index is 11.7. The largest absolute Gasteiger partial charge is 0.480 e. The van der Waals surface area contributed by atoms with E-state index < -0.39 is 17.9 Å². The van der Waals surface area contributed by atoms with Gasteiger partial charge in [-0.2, -0.15) is 5.10 Å². The summed E-state index contributed by atoms with van der Waals surface area (Å²) in [5.41, 5.74) is 1.22. The number of aryl methyl sites for hydroxylation is 1. The normalized spacial score (nSPS) is 12.2. The number of carboxylic acid groups (broad SMARTS) is 1. The molecule has 0 aliphatic rings. The first-order valence-corrected chi connectivity index (χ1v) is 5.01. The number of aliphatic carboxylic acids is 1. The van der Waals surface area contributed by atoms with E-state index in [2.05, 4.69) is 10.4 Å². The number of carbonyl (C=O) groups is 2. The Morgan fingerprint density at radius 3 is 2.75 bits per heavy atom. The van der Waals surface area contributed by atoms with Crippen molar-refractivity contribution in [2.45, 2.75) is 26.3 Å². The van der Waals surface area contributed by atoms with Crippen LogP contribution in [0.2, 0.25) is 0 Å². The standard InChI is InChI=1S/C10H15N3O3/c1-4-8-7(5-11-13(8)3)9(14)12-6(2)10(15)16/h5-6H,4H2,1-3H3,(H,12,14)(H,15,16). The molecule has 0 aliphatic heterocycles. The highest BCUT2D eigenvalue weighted by Gasteiger charge is 2.19. The lowest BCUT2D eigenvalue weighted by Crippen LogP contribution is -2.38. The third-order valence-electron chi connectivity index (χ3n) is 2.36. The van der Waals surface area contributed by atoms with Crippen molar-refractivity contribution in [2.24, 2.45) is 7.05 Å². The zero-order valence-electron chi connectivity index (χ0n) is 9.52. The van der Waals surface area contributed by atoms with Crippen LogP contribution >= 0.6 is 0 Å². The molecule has 0 bridgehead atoms. The van der Waals surface area contributed by atoms with Gasteiger partial charge in [-0.05, 0) is 13.3 Å². The number of hydrogen-bond acceptors (Lipinski definition) is 3. The molecule has 0 saturated carbocycles. The minimum Gasteiger partial charge on any atom is -0.480 e. The van der Waals surface area contributed by atoms with E-state index >= 15 is 0 Å². The fourth-order valence-electron chi connectivity index (χ4n) is 1.41. The third kappa shape index (κ3) is 2.39. The molecule has 1 heterocycles. The van der Waals surface area contributed by atoms with Crippen LogP contribution in [0.3, 0.4) is 0 Å². The molecule has 6 nitrogen and oxygen atoms in total. The van der Waals surface area contributed by atoms with Crippen LogP contribution in [0.4, 0.5) is 0 Å². The number of aromatic nitrogens is 2. The summed E-state index contributed by atoms with van der Waals surface area (Å²) < 4.78 is 1.61. The van der Waals surface area contributed by atoms with Crippen LogP contribution in [-0.4, -0.2) is 32.8 Å². The van der Waals surface area contributed by atoms with Gasteiger partial charge in [0.1, 0.15) is 6.04 Å². The number of carboxylic acids is 1. The average molecular weight is 225 g/mol. The first kappa shape index (κ1) is 12.2. The Kier molecular flexibility index (Phi) is 3.65. The highest BCUT2D eigenvalue weighted by molar-refractivity contribution is 5.97. The van der Waals surface area contributed by atoms with E-state index in [4.69, 9.17) is 5.11 Å². The van der Waals surface area contributed by atoms with E-state index in [0.717, 1.165) is 5.69 Å². The summed E-state index contributed by atoms with van der Waals surface area (Å²) in [6.45, 7) is 3.33. The Balaban J connectivity index is 2.84. The molecule has 1 unspecified atom stereocenters. The van der Waals surface area contributed by atoms with E-state index in [-0.39, 0.29) is 0 Å². The van der Waals surface area contributed by atoms with Gasteiger partial charge in [0.15, 0.2) is 0 Å². The monoisotopic (exact) mass is 225 g/mol. The smallest absolute Gasteiger partial charge is 0.325 e. The van der Waals surface area contributed by atoms with E-state index in [1.54, 1.807) is 11.7 Å². The number of carbonyl (C=O) groups excluding carboxylic acids is 1. The molecule has 0 radical (unpaired) electrons. The first-order valence-electron chi connectivity index (χ1n) is 5.01. The number of amides is 1. The molecule has 0 aromatic carbocycles. The summed E-state index contributed by atoms with van der Waals surface area (Å²) >= 11 is 0. The van der Waals surface area contributed by atoms with Gasteiger partial charge in [-0.1, -0.05) is 6.92 Å². The minimum absolute atomic E-state index is 0.403. The molecule has 1 amide bonds. The molecule has 1 aromatic heterocycles. The molecule has 6 heteroatoms. The Morgan fingerprint density at radius 1 is 1.62 bits per heavy atom. The topological polar surface area (TPSA) is 84.2 Å². The average Bonchev–Trinajstić information content (AvgIpc) is 2.59. The second-order valence-corrected chi connectivity index (χ2v) is 3.52. The van der Waals surface area contributed by atoms with Crippen molar-refractivity contribution < 1.29 is 14.7 Å². The van der Waals surface area contributed by atoms with Crippen LogP contribution in [0.1, 0.15) is 29.9 Å². The molecular weight excluding hydrogens is 210 g/mol. The molecule has 16 heavy (non-hydrogen) atoms. The third-order valence-corrected chi connectivity index (χ3v) is 2.36. The summed E-state index contributed by atoms with van der Waals surface area (Å²) in [5.74, 6) is -1.46. The van der Waals surface area contributed by atoms with Gasteiger partial charge in [0.25, 0.3) is 5.91 Å². The summed E-state index contributed by atoms with van der Waals surface area (Å²) in [7, 11) is 1.75. The molecule has 2 N–H and O–H groups in total. The van der Waals surface area contributed by atoms with Gasteiger partial charge in [0.05, 0.1) is 17.5 Å². The molecule has 88 valence electrons. The van der Waals surface area contributed by atoms with Crippen molar-refractivity contribution in [2.75, 3.05) is 0 Å². The summed E-state index contributed by atoms with van der Waals surface area (Å²) in [6.07, 6.45) is 2.11. The van der Waals surface area contributed by atoms with Gasteiger partial charge in [0.2, 0.25) is 0 Å². The van der Waals surface area contributed by atoms with Crippen LogP contribution in [0.25, 0.3) is 0 Å². The highest BCUT2D eigenvalue weighted by atomic mass is 16.4. The Labute approximate surface area is 93.3 Å². The first-order chi connectivity index (χ1) is 7.47. The molecule has 1 aromatic rings. The molecule has 1 rings (SSSR count). The number of nitrogens with zero attached hydrogens (tertiary/aromatic N) is 2. The van der Waals surface area contributed by atoms with Gasteiger partial charge in [-0.15, -0.1) is 0 Å². The molecule has 0 fully saturated rings. The second kappa shape index (κ2) is 4.78. The number of hydrogen-bond donors (Lipinski definition) is 2. The van der Waals surface area contributed by atoms with E-state index in [1.807, 2.05) is 6.92 Å². The van der Waals surface area contributed by atoms with Gasteiger partial charge in [-0.25, -0.2) is 0 Å². The van der Waals surface area contributed by atoms with Crippen LogP contribution in [-0.2, 0) is 18.3 Å². The Bertz CT molecular complexity index is 411. The minimum atomic E-state index is -1.06. The number of rotatable bonds is 4. The van der Waals surface area contributed by atoms with Crippen LogP contribution in [0.5, 0.6) is 0 Å². The number of nitrogens with one attached hydrogen (secondary N) is 1. The van der Waals surface area contributed by atoms with Crippen LogP contribution in [0.15, 0.2) is 6.20 Å². The fraction of sp³-hybridized carbons (Fsp3) is 0.500. The van der Waals surface area contributed by atoms with Gasteiger partial charge >= 0.3 is 5.97 Å². The van der Waals surface area contributed by atoms with Gasteiger partial charge < -0.3 is 10.4 Å². The van der Waals surface area contributed by atoms with Crippen molar-refractivity contribution in [3.05, 3.63) is 17.5 Å². The Morgan fingerprint density at radius 2 is 2.25 bits per heavy atom. The molecular formula is C10H15N3O3. The van der Waals surface area contributed by atoms with Gasteiger partial charge in [-0.3, -0.25) is 14.3 Å². The van der Waals surface area contributed by atoms with Crippen molar-refractivity contribution in [3.8, 4) is 0 Å². The summed E-state index contributed by atoms with van der Waals surface area (Å²) in [6, 6.07) is -0.905. The highest BCUT2D eigenvalue weighted by Crippen LogP contribution is 2.08. The second-order valence-electron chi connectivity index (χ2n) is 3.52. The summed E-state index contributed by atoms with van der Waals surface area (Å²) in [5, 5.41) is 15.0. The van der Waals surface area contributed by atoms with Gasteiger partial charge in [0, 0.05) is 7.05 Å². The van der Waals surface area contributed by atoms with Crippen LogP contribution < -0.4 is 5.32 Å². The fourth-order valence-corrected chi connectivity index (χ4v) is 1.41. The lowest BCUT2D eigenvalue weighted by Gasteiger charge is -2.09. The maximum Gasteiger partial charge on any atom is 0.325 e. The van der Waals surface area contributed by atoms with E-state index in [0.29, 0.717) is 12.0 Å². The lowest BCUT2D eigenvalue weighted by molar-refractivity contribution is -0.138. The quantitative estimate of drug-likeness (QED) is 0.765. The SMILES string of the molecule is CCc1c(C(=O)NC(C)C(=O)O)cnn1C. The van der Waals surface area contributed by atoms with Crippen molar-refractivity contribution in [1.82, 2.24) is 15.1 Å². The maximum atomic E-state index is 11.7. The summed E-state index contributed by atoms with van der Waals surface area (Å²) in [4.78, 5) is 22.3. The van der Waals surface area contributed by atoms with Crippen molar-refractivity contribution in [1.29, 1.82) is 0 Å². The van der Waals surface area contributed by atoms with Crippen molar-refractivity contribution >= 4 is 11.9 Å². The zero-order chi connectivity index (χ0) is 12.3. The van der Waals surface area contributed by atoms with E-state index in [1.165, 1.54) is 13.1 Å². The molecule has 1 atom stereocenters. The van der Waals surface area contributed by atoms with Crippen LogP contribution in [0, 0.1) is 0 Å². The van der Waals surface area contributed by atoms with E-state index in [9.17, 15) is 9.59 Å². The molecule has 0 saturated heterocycles. The molecule has 0 spiro atoms. The predicted octanol–water partition coefficient (Wildman–Crippen LogP) is 0.185. The zero-order valence-corrected chi connectivity index (χ0v) is 9.52. The molecule has 0 aliphatic carbocycles. The Hall–Kier alpha value is -1.85. The predicted molar refractivity (Wildman–Crippen MR) is 57.2 cm³/mol.